The van der Waals surface area contributed by atoms with Crippen LogP contribution in [0.3, 0.4) is 0 Å². The molecule has 3 aliphatic rings. The molecular formula is C17H20O7. The van der Waals surface area contributed by atoms with Crippen molar-refractivity contribution in [3.05, 3.63) is 23.8 Å². The van der Waals surface area contributed by atoms with E-state index < -0.39 is 53.0 Å². The van der Waals surface area contributed by atoms with Crippen molar-refractivity contribution in [3.8, 4) is 0 Å². The third kappa shape index (κ3) is 2.08. The molecule has 7 heteroatoms. The molecule has 0 aromatic rings. The molecule has 1 heterocycles. The third-order valence-corrected chi connectivity index (χ3v) is 5.33. The van der Waals surface area contributed by atoms with Crippen molar-refractivity contribution >= 4 is 17.7 Å². The van der Waals surface area contributed by atoms with E-state index in [1.165, 1.54) is 19.9 Å². The third-order valence-electron chi connectivity index (χ3n) is 5.33. The summed E-state index contributed by atoms with van der Waals surface area (Å²) in [6, 6.07) is 0. The van der Waals surface area contributed by atoms with Gasteiger partial charge in [0, 0.05) is 18.9 Å². The Morgan fingerprint density at radius 1 is 1.42 bits per heavy atom. The minimum atomic E-state index is -1.87. The van der Waals surface area contributed by atoms with Gasteiger partial charge in [-0.3, -0.25) is 9.59 Å². The molecule has 2 fully saturated rings. The van der Waals surface area contributed by atoms with Crippen LogP contribution in [0.5, 0.6) is 0 Å². The van der Waals surface area contributed by atoms with Gasteiger partial charge in [0.1, 0.15) is 17.8 Å². The molecular weight excluding hydrogens is 316 g/mol. The second kappa shape index (κ2) is 5.00. The predicted molar refractivity (Wildman–Crippen MR) is 80.5 cm³/mol. The quantitative estimate of drug-likeness (QED) is 0.514. The first-order valence-electron chi connectivity index (χ1n) is 7.74. The first-order valence-corrected chi connectivity index (χ1v) is 7.74. The van der Waals surface area contributed by atoms with E-state index in [0.29, 0.717) is 5.57 Å². The molecule has 0 bridgehead atoms. The summed E-state index contributed by atoms with van der Waals surface area (Å²) in [5.41, 5.74) is -3.16. The van der Waals surface area contributed by atoms with Crippen molar-refractivity contribution in [2.24, 2.45) is 11.8 Å². The van der Waals surface area contributed by atoms with Gasteiger partial charge in [0.2, 0.25) is 0 Å². The van der Waals surface area contributed by atoms with Gasteiger partial charge in [-0.1, -0.05) is 6.58 Å². The fourth-order valence-electron chi connectivity index (χ4n) is 4.37. The number of hydrogen-bond acceptors (Lipinski definition) is 7. The summed E-state index contributed by atoms with van der Waals surface area (Å²) in [6.07, 6.45) is -0.944. The van der Waals surface area contributed by atoms with Crippen LogP contribution in [0.4, 0.5) is 0 Å². The Balaban J connectivity index is 2.18. The molecule has 0 aromatic carbocycles. The molecule has 2 aliphatic carbocycles. The molecule has 1 saturated carbocycles. The zero-order valence-corrected chi connectivity index (χ0v) is 13.7. The van der Waals surface area contributed by atoms with Crippen LogP contribution in [0.25, 0.3) is 0 Å². The molecule has 1 saturated heterocycles. The van der Waals surface area contributed by atoms with Crippen molar-refractivity contribution in [3.63, 3.8) is 0 Å². The molecule has 2 N–H and O–H groups in total. The fourth-order valence-corrected chi connectivity index (χ4v) is 4.37. The zero-order valence-electron chi connectivity index (χ0n) is 13.7. The van der Waals surface area contributed by atoms with Gasteiger partial charge in [-0.15, -0.1) is 0 Å². The summed E-state index contributed by atoms with van der Waals surface area (Å²) in [6.45, 7) is 7.86. The largest absolute Gasteiger partial charge is 0.462 e. The van der Waals surface area contributed by atoms with Crippen LogP contribution in [0.2, 0.25) is 0 Å². The van der Waals surface area contributed by atoms with E-state index in [1.54, 1.807) is 6.92 Å². The molecule has 0 aromatic heterocycles. The van der Waals surface area contributed by atoms with Crippen molar-refractivity contribution in [1.29, 1.82) is 0 Å². The molecule has 0 amide bonds. The number of fused-ring (bicyclic) bond motifs is 3. The summed E-state index contributed by atoms with van der Waals surface area (Å²) in [7, 11) is 0. The van der Waals surface area contributed by atoms with Gasteiger partial charge < -0.3 is 19.7 Å². The fraction of sp³-hybridized carbons (Fsp3) is 0.588. The molecule has 130 valence electrons. The number of ether oxygens (including phenoxy) is 2. The maximum Gasteiger partial charge on any atom is 0.334 e. The van der Waals surface area contributed by atoms with Gasteiger partial charge in [0.05, 0.1) is 17.4 Å². The first kappa shape index (κ1) is 16.9. The lowest BCUT2D eigenvalue weighted by Crippen LogP contribution is -2.56. The van der Waals surface area contributed by atoms with E-state index in [0.717, 1.165) is 0 Å². The molecule has 7 nitrogen and oxygen atoms in total. The summed E-state index contributed by atoms with van der Waals surface area (Å²) in [4.78, 5) is 35.9. The Morgan fingerprint density at radius 3 is 2.62 bits per heavy atom. The SMILES string of the molecule is C=C1C(=O)OC2C1C(OC(C)=O)CC(C)(O)C1C(=O)C=C(C)C21O. The minimum absolute atomic E-state index is 0.0586. The second-order valence-electron chi connectivity index (χ2n) is 7.07. The van der Waals surface area contributed by atoms with E-state index in [-0.39, 0.29) is 12.0 Å². The van der Waals surface area contributed by atoms with Crippen molar-refractivity contribution in [2.45, 2.75) is 50.6 Å². The number of carbonyl (C=O) groups excluding carboxylic acids is 3. The Kier molecular flexibility index (Phi) is 3.51. The number of ketones is 1. The standard InChI is InChI=1S/C17H20O7/c1-7-5-10(19)13-16(4,21)6-11(23-9(3)18)12-8(2)15(20)24-14(12)17(7,13)22/h5,11-14,21-22H,2,6H2,1,3-4H3. The van der Waals surface area contributed by atoms with Crippen LogP contribution in [-0.4, -0.2) is 51.3 Å². The molecule has 0 spiro atoms. The number of hydrogen-bond donors (Lipinski definition) is 2. The lowest BCUT2D eigenvalue weighted by Gasteiger charge is -2.40. The van der Waals surface area contributed by atoms with E-state index in [2.05, 4.69) is 6.58 Å². The van der Waals surface area contributed by atoms with Gasteiger partial charge in [-0.2, -0.15) is 0 Å². The van der Waals surface area contributed by atoms with Crippen molar-refractivity contribution in [2.75, 3.05) is 0 Å². The van der Waals surface area contributed by atoms with Gasteiger partial charge >= 0.3 is 11.9 Å². The highest BCUT2D eigenvalue weighted by Crippen LogP contribution is 2.53. The Bertz CT molecular complexity index is 689. The number of aliphatic hydroxyl groups is 2. The highest BCUT2D eigenvalue weighted by molar-refractivity contribution is 5.99. The van der Waals surface area contributed by atoms with E-state index >= 15 is 0 Å². The van der Waals surface area contributed by atoms with E-state index in [9.17, 15) is 24.6 Å². The highest BCUT2D eigenvalue weighted by atomic mass is 16.6. The zero-order chi connectivity index (χ0) is 18.0. The molecule has 6 atom stereocenters. The monoisotopic (exact) mass is 336 g/mol. The summed E-state index contributed by atoms with van der Waals surface area (Å²) < 4.78 is 10.6. The average Bonchev–Trinajstić information content (AvgIpc) is 2.82. The smallest absolute Gasteiger partial charge is 0.334 e. The number of carbonyl (C=O) groups is 3. The maximum atomic E-state index is 12.4. The Labute approximate surface area is 138 Å². The number of allylic oxidation sites excluding steroid dienone is 1. The van der Waals surface area contributed by atoms with Gasteiger partial charge in [-0.05, 0) is 25.5 Å². The number of esters is 2. The highest BCUT2D eigenvalue weighted by Gasteiger charge is 2.68. The molecule has 1 aliphatic heterocycles. The van der Waals surface area contributed by atoms with Crippen LogP contribution in [0.15, 0.2) is 23.8 Å². The second-order valence-corrected chi connectivity index (χ2v) is 7.07. The Hall–Kier alpha value is -1.99. The van der Waals surface area contributed by atoms with Gasteiger partial charge in [0.15, 0.2) is 5.78 Å². The lowest BCUT2D eigenvalue weighted by molar-refractivity contribution is -0.168. The van der Waals surface area contributed by atoms with Crippen molar-refractivity contribution in [1.82, 2.24) is 0 Å². The number of rotatable bonds is 1. The van der Waals surface area contributed by atoms with Crippen molar-refractivity contribution < 1.29 is 34.1 Å². The van der Waals surface area contributed by atoms with Crippen LogP contribution in [-0.2, 0) is 23.9 Å². The maximum absolute atomic E-state index is 12.4. The molecule has 24 heavy (non-hydrogen) atoms. The van der Waals surface area contributed by atoms with Crippen LogP contribution < -0.4 is 0 Å². The van der Waals surface area contributed by atoms with E-state index in [1.807, 2.05) is 0 Å². The topological polar surface area (TPSA) is 110 Å². The molecule has 3 rings (SSSR count). The predicted octanol–water partition coefficient (Wildman–Crippen LogP) is 0.0469. The Morgan fingerprint density at radius 2 is 2.04 bits per heavy atom. The van der Waals surface area contributed by atoms with E-state index in [4.69, 9.17) is 9.47 Å². The van der Waals surface area contributed by atoms with Gasteiger partial charge in [0.25, 0.3) is 0 Å². The molecule has 0 radical (unpaired) electrons. The first-order chi connectivity index (χ1) is 11.0. The molecule has 6 unspecified atom stereocenters. The average molecular weight is 336 g/mol. The van der Waals surface area contributed by atoms with Crippen LogP contribution in [0, 0.1) is 11.8 Å². The normalized spacial score (nSPS) is 44.4. The minimum Gasteiger partial charge on any atom is -0.462 e. The summed E-state index contributed by atoms with van der Waals surface area (Å²) >= 11 is 0. The van der Waals surface area contributed by atoms with Crippen LogP contribution in [0.1, 0.15) is 27.2 Å². The summed E-state index contributed by atoms with van der Waals surface area (Å²) in [5, 5.41) is 22.2. The summed E-state index contributed by atoms with van der Waals surface area (Å²) in [5.74, 6) is -3.80. The lowest BCUT2D eigenvalue weighted by atomic mass is 9.72. The van der Waals surface area contributed by atoms with Gasteiger partial charge in [-0.25, -0.2) is 4.79 Å². The van der Waals surface area contributed by atoms with Crippen LogP contribution >= 0.6 is 0 Å².